The van der Waals surface area contributed by atoms with Crippen molar-refractivity contribution in [1.29, 1.82) is 0 Å². The smallest absolute Gasteiger partial charge is 0.335 e. The lowest BCUT2D eigenvalue weighted by Crippen LogP contribution is -2.52. The van der Waals surface area contributed by atoms with E-state index in [1.165, 1.54) is 11.4 Å². The molecule has 0 aliphatic carbocycles. The monoisotopic (exact) mass is 424 g/mol. The fraction of sp³-hybridized carbons (Fsp3) is 0.500. The van der Waals surface area contributed by atoms with E-state index in [0.29, 0.717) is 13.1 Å². The standard InChI is InChI=1S/C18H24N4O6S/c1-28-12-11-21-16(23)17(24)22(18(21)25)14-19-7-9-20(10-8-19)29(26,27)13-15-5-3-2-4-6-15/h2-6H,7-14H2,1H3. The number of benzene rings is 1. The van der Waals surface area contributed by atoms with Gasteiger partial charge in [-0.1, -0.05) is 30.3 Å². The minimum atomic E-state index is -3.45. The Kier molecular flexibility index (Phi) is 6.63. The molecule has 11 heteroatoms. The number of amides is 4. The van der Waals surface area contributed by atoms with Crippen LogP contribution in [0, 0.1) is 0 Å². The maximum absolute atomic E-state index is 12.6. The van der Waals surface area contributed by atoms with Crippen LogP contribution in [0.1, 0.15) is 5.56 Å². The highest BCUT2D eigenvalue weighted by atomic mass is 32.2. The van der Waals surface area contributed by atoms with Gasteiger partial charge in [-0.15, -0.1) is 0 Å². The number of urea groups is 1. The van der Waals surface area contributed by atoms with Crippen LogP contribution in [0.4, 0.5) is 4.79 Å². The fourth-order valence-corrected chi connectivity index (χ4v) is 4.80. The second kappa shape index (κ2) is 8.99. The van der Waals surface area contributed by atoms with E-state index >= 15 is 0 Å². The molecule has 0 saturated carbocycles. The van der Waals surface area contributed by atoms with Gasteiger partial charge >= 0.3 is 17.8 Å². The van der Waals surface area contributed by atoms with E-state index in [2.05, 4.69) is 0 Å². The Hall–Kier alpha value is -2.34. The number of carbonyl (C=O) groups excluding carboxylic acids is 3. The number of sulfonamides is 1. The van der Waals surface area contributed by atoms with Crippen molar-refractivity contribution in [2.45, 2.75) is 5.75 Å². The first-order chi connectivity index (χ1) is 13.8. The first-order valence-corrected chi connectivity index (χ1v) is 10.8. The van der Waals surface area contributed by atoms with Crippen LogP contribution in [0.2, 0.25) is 0 Å². The van der Waals surface area contributed by atoms with Crippen LogP contribution < -0.4 is 0 Å². The van der Waals surface area contributed by atoms with E-state index in [0.717, 1.165) is 15.4 Å². The lowest BCUT2D eigenvalue weighted by Gasteiger charge is -2.35. The first-order valence-electron chi connectivity index (χ1n) is 9.24. The average molecular weight is 424 g/mol. The van der Waals surface area contributed by atoms with Crippen LogP contribution in [0.25, 0.3) is 0 Å². The van der Waals surface area contributed by atoms with Gasteiger partial charge in [-0.2, -0.15) is 4.31 Å². The van der Waals surface area contributed by atoms with Gasteiger partial charge in [0.25, 0.3) is 0 Å². The normalized spacial score (nSPS) is 19.4. The zero-order valence-corrected chi connectivity index (χ0v) is 17.0. The number of hydrogen-bond acceptors (Lipinski definition) is 7. The molecule has 1 aromatic rings. The van der Waals surface area contributed by atoms with Crippen LogP contribution in [-0.4, -0.2) is 98.4 Å². The summed E-state index contributed by atoms with van der Waals surface area (Å²) >= 11 is 0. The number of imide groups is 2. The third kappa shape index (κ3) is 4.81. The Morgan fingerprint density at radius 1 is 0.931 bits per heavy atom. The highest BCUT2D eigenvalue weighted by molar-refractivity contribution is 7.88. The molecular weight excluding hydrogens is 400 g/mol. The van der Waals surface area contributed by atoms with Gasteiger partial charge in [0.1, 0.15) is 0 Å². The summed E-state index contributed by atoms with van der Waals surface area (Å²) in [5, 5.41) is 0. The molecule has 0 radical (unpaired) electrons. The van der Waals surface area contributed by atoms with Crippen LogP contribution in [0.3, 0.4) is 0 Å². The molecule has 4 amide bonds. The van der Waals surface area contributed by atoms with E-state index in [4.69, 9.17) is 4.74 Å². The van der Waals surface area contributed by atoms with Crippen molar-refractivity contribution in [2.24, 2.45) is 0 Å². The van der Waals surface area contributed by atoms with Gasteiger partial charge in [0.2, 0.25) is 10.0 Å². The first kappa shape index (κ1) is 21.4. The topological polar surface area (TPSA) is 108 Å². The van der Waals surface area contributed by atoms with Crippen molar-refractivity contribution in [2.75, 3.05) is 53.1 Å². The van der Waals surface area contributed by atoms with Gasteiger partial charge in [0.15, 0.2) is 0 Å². The van der Waals surface area contributed by atoms with E-state index in [1.807, 2.05) is 6.07 Å². The zero-order valence-electron chi connectivity index (χ0n) is 16.2. The summed E-state index contributed by atoms with van der Waals surface area (Å²) in [4.78, 5) is 40.0. The molecule has 10 nitrogen and oxygen atoms in total. The third-order valence-corrected chi connectivity index (χ3v) is 6.76. The van der Waals surface area contributed by atoms with Gasteiger partial charge in [-0.05, 0) is 5.56 Å². The highest BCUT2D eigenvalue weighted by Gasteiger charge is 2.45. The Labute approximate surface area is 169 Å². The Morgan fingerprint density at radius 2 is 1.55 bits per heavy atom. The Bertz CT molecular complexity index is 868. The molecule has 0 atom stereocenters. The molecule has 2 saturated heterocycles. The molecule has 0 unspecified atom stereocenters. The van der Waals surface area contributed by atoms with Gasteiger partial charge in [-0.3, -0.25) is 19.4 Å². The SMILES string of the molecule is COCCN1C(=O)C(=O)N(CN2CCN(S(=O)(=O)Cc3ccccc3)CC2)C1=O. The third-order valence-electron chi connectivity index (χ3n) is 4.91. The number of methoxy groups -OCH3 is 1. The summed E-state index contributed by atoms with van der Waals surface area (Å²) in [6.07, 6.45) is 0. The second-order valence-electron chi connectivity index (χ2n) is 6.87. The molecule has 29 heavy (non-hydrogen) atoms. The summed E-state index contributed by atoms with van der Waals surface area (Å²) < 4.78 is 31.5. The maximum Gasteiger partial charge on any atom is 0.335 e. The number of piperazine rings is 1. The number of nitrogens with zero attached hydrogens (tertiary/aromatic N) is 4. The van der Waals surface area contributed by atoms with E-state index in [9.17, 15) is 22.8 Å². The predicted molar refractivity (Wildman–Crippen MR) is 103 cm³/mol. The molecule has 2 aliphatic heterocycles. The molecule has 2 fully saturated rings. The highest BCUT2D eigenvalue weighted by Crippen LogP contribution is 2.16. The summed E-state index contributed by atoms with van der Waals surface area (Å²) in [5.41, 5.74) is 0.720. The van der Waals surface area contributed by atoms with E-state index < -0.39 is 27.9 Å². The Balaban J connectivity index is 1.55. The summed E-state index contributed by atoms with van der Waals surface area (Å²) in [5.74, 6) is -1.80. The molecule has 0 N–H and O–H groups in total. The Morgan fingerprint density at radius 3 is 2.17 bits per heavy atom. The molecule has 1 aromatic carbocycles. The molecule has 0 spiro atoms. The van der Waals surface area contributed by atoms with E-state index in [-0.39, 0.29) is 38.7 Å². The van der Waals surface area contributed by atoms with Crippen LogP contribution >= 0.6 is 0 Å². The number of ether oxygens (including phenoxy) is 1. The lowest BCUT2D eigenvalue weighted by atomic mass is 10.2. The predicted octanol–water partition coefficient (Wildman–Crippen LogP) is -0.471. The molecule has 2 aliphatic rings. The molecule has 158 valence electrons. The average Bonchev–Trinajstić information content (AvgIpc) is 2.90. The summed E-state index contributed by atoms with van der Waals surface area (Å²) in [6.45, 7) is 1.35. The minimum Gasteiger partial charge on any atom is -0.383 e. The molecule has 0 aromatic heterocycles. The van der Waals surface area contributed by atoms with Crippen molar-refractivity contribution in [3.05, 3.63) is 35.9 Å². The van der Waals surface area contributed by atoms with Gasteiger partial charge in [0.05, 0.1) is 25.6 Å². The van der Waals surface area contributed by atoms with E-state index in [1.54, 1.807) is 29.2 Å². The van der Waals surface area contributed by atoms with Crippen molar-refractivity contribution in [1.82, 2.24) is 19.0 Å². The van der Waals surface area contributed by atoms with Crippen LogP contribution in [-0.2, 0) is 30.1 Å². The zero-order chi connectivity index (χ0) is 21.0. The van der Waals surface area contributed by atoms with Crippen LogP contribution in [0.5, 0.6) is 0 Å². The van der Waals surface area contributed by atoms with Crippen LogP contribution in [0.15, 0.2) is 30.3 Å². The minimum absolute atomic E-state index is 0.0158. The van der Waals surface area contributed by atoms with Crippen molar-refractivity contribution < 1.29 is 27.5 Å². The molecule has 0 bridgehead atoms. The molecular formula is C18H24N4O6S. The quantitative estimate of drug-likeness (QED) is 0.410. The van der Waals surface area contributed by atoms with Crippen molar-refractivity contribution >= 4 is 27.9 Å². The van der Waals surface area contributed by atoms with Gasteiger partial charge in [-0.25, -0.2) is 18.1 Å². The fourth-order valence-electron chi connectivity index (χ4n) is 3.28. The number of rotatable bonds is 8. The summed E-state index contributed by atoms with van der Waals surface area (Å²) in [6, 6.07) is 8.29. The molecule has 2 heterocycles. The van der Waals surface area contributed by atoms with Crippen molar-refractivity contribution in [3.8, 4) is 0 Å². The van der Waals surface area contributed by atoms with Gasteiger partial charge in [0, 0.05) is 33.3 Å². The number of carbonyl (C=O) groups is 3. The largest absolute Gasteiger partial charge is 0.383 e. The molecule has 3 rings (SSSR count). The van der Waals surface area contributed by atoms with Gasteiger partial charge < -0.3 is 4.74 Å². The lowest BCUT2D eigenvalue weighted by molar-refractivity contribution is -0.144. The maximum atomic E-state index is 12.6. The number of hydrogen-bond donors (Lipinski definition) is 0. The second-order valence-corrected chi connectivity index (χ2v) is 8.83. The van der Waals surface area contributed by atoms with Crippen molar-refractivity contribution in [3.63, 3.8) is 0 Å². The summed E-state index contributed by atoms with van der Waals surface area (Å²) in [7, 11) is -2.01.